The van der Waals surface area contributed by atoms with E-state index in [1.165, 1.54) is 5.56 Å². The van der Waals surface area contributed by atoms with Crippen LogP contribution >= 0.6 is 0 Å². The molecule has 2 aromatic rings. The molecule has 3 heteroatoms. The van der Waals surface area contributed by atoms with Gasteiger partial charge in [-0.3, -0.25) is 9.88 Å². The molecule has 0 saturated heterocycles. The molecule has 0 spiro atoms. The number of aliphatic hydroxyl groups is 1. The van der Waals surface area contributed by atoms with Crippen LogP contribution in [0.15, 0.2) is 48.8 Å². The van der Waals surface area contributed by atoms with E-state index in [0.717, 1.165) is 24.1 Å². The minimum Gasteiger partial charge on any atom is -0.387 e. The second-order valence-electron chi connectivity index (χ2n) is 5.17. The van der Waals surface area contributed by atoms with Crippen LogP contribution in [0.25, 0.3) is 0 Å². The highest BCUT2D eigenvalue weighted by Gasteiger charge is 2.11. The van der Waals surface area contributed by atoms with Gasteiger partial charge in [-0.15, -0.1) is 0 Å². The summed E-state index contributed by atoms with van der Waals surface area (Å²) in [6.07, 6.45) is 4.20. The maximum absolute atomic E-state index is 10.3. The van der Waals surface area contributed by atoms with Crippen molar-refractivity contribution in [2.75, 3.05) is 13.6 Å². The van der Waals surface area contributed by atoms with Crippen molar-refractivity contribution in [3.05, 3.63) is 65.5 Å². The maximum atomic E-state index is 10.3. The Morgan fingerprint density at radius 2 is 1.90 bits per heavy atom. The Morgan fingerprint density at radius 3 is 2.50 bits per heavy atom. The van der Waals surface area contributed by atoms with E-state index in [2.05, 4.69) is 28.9 Å². The maximum Gasteiger partial charge on any atom is 0.0916 e. The molecule has 3 nitrogen and oxygen atoms in total. The number of hydrogen-bond donors (Lipinski definition) is 1. The standard InChI is InChI=1S/C17H22N2O/c1-3-14-6-8-16(9-7-14)17(20)13-19(2)12-15-5-4-10-18-11-15/h4-11,17,20H,3,12-13H2,1-2H3. The van der Waals surface area contributed by atoms with Crippen LogP contribution in [0.5, 0.6) is 0 Å². The van der Waals surface area contributed by atoms with E-state index in [0.29, 0.717) is 6.54 Å². The molecule has 0 saturated carbocycles. The third-order valence-electron chi connectivity index (χ3n) is 3.43. The number of likely N-dealkylation sites (N-methyl/N-ethyl adjacent to an activating group) is 1. The highest BCUT2D eigenvalue weighted by atomic mass is 16.3. The van der Waals surface area contributed by atoms with Gasteiger partial charge in [-0.2, -0.15) is 0 Å². The van der Waals surface area contributed by atoms with Crippen LogP contribution in [0.4, 0.5) is 0 Å². The van der Waals surface area contributed by atoms with E-state index >= 15 is 0 Å². The molecule has 1 N–H and O–H groups in total. The summed E-state index contributed by atoms with van der Waals surface area (Å²) in [5.74, 6) is 0. The summed E-state index contributed by atoms with van der Waals surface area (Å²) in [4.78, 5) is 6.21. The van der Waals surface area contributed by atoms with Crippen molar-refractivity contribution in [1.29, 1.82) is 0 Å². The molecule has 1 heterocycles. The fraction of sp³-hybridized carbons (Fsp3) is 0.353. The second-order valence-corrected chi connectivity index (χ2v) is 5.17. The van der Waals surface area contributed by atoms with Crippen molar-refractivity contribution < 1.29 is 5.11 Å². The molecular weight excluding hydrogens is 248 g/mol. The van der Waals surface area contributed by atoms with Crippen LogP contribution < -0.4 is 0 Å². The van der Waals surface area contributed by atoms with Crippen LogP contribution in [0.2, 0.25) is 0 Å². The number of pyridine rings is 1. The highest BCUT2D eigenvalue weighted by molar-refractivity contribution is 5.24. The Hall–Kier alpha value is -1.71. The van der Waals surface area contributed by atoms with Crippen molar-refractivity contribution >= 4 is 0 Å². The van der Waals surface area contributed by atoms with E-state index in [4.69, 9.17) is 0 Å². The van der Waals surface area contributed by atoms with Gasteiger partial charge in [0.15, 0.2) is 0 Å². The van der Waals surface area contributed by atoms with Gasteiger partial charge in [0.1, 0.15) is 0 Å². The summed E-state index contributed by atoms with van der Waals surface area (Å²) < 4.78 is 0. The molecule has 0 aliphatic rings. The largest absolute Gasteiger partial charge is 0.387 e. The van der Waals surface area contributed by atoms with Crippen molar-refractivity contribution in [2.24, 2.45) is 0 Å². The van der Waals surface area contributed by atoms with E-state index < -0.39 is 6.10 Å². The molecule has 0 aliphatic heterocycles. The summed E-state index contributed by atoms with van der Waals surface area (Å²) in [7, 11) is 2.01. The predicted molar refractivity (Wildman–Crippen MR) is 81.4 cm³/mol. The Kier molecular flexibility index (Phi) is 5.27. The van der Waals surface area contributed by atoms with Crippen LogP contribution in [0.3, 0.4) is 0 Å². The van der Waals surface area contributed by atoms with Crippen molar-refractivity contribution in [3.63, 3.8) is 0 Å². The van der Waals surface area contributed by atoms with Crippen molar-refractivity contribution in [1.82, 2.24) is 9.88 Å². The van der Waals surface area contributed by atoms with Gasteiger partial charge in [0.2, 0.25) is 0 Å². The van der Waals surface area contributed by atoms with Gasteiger partial charge in [0, 0.05) is 25.5 Å². The van der Waals surface area contributed by atoms with E-state index in [1.807, 2.05) is 37.5 Å². The number of aromatic nitrogens is 1. The molecule has 0 fully saturated rings. The fourth-order valence-corrected chi connectivity index (χ4v) is 2.24. The lowest BCUT2D eigenvalue weighted by Crippen LogP contribution is -2.24. The molecule has 1 aromatic heterocycles. The summed E-state index contributed by atoms with van der Waals surface area (Å²) in [6.45, 7) is 3.53. The summed E-state index contributed by atoms with van der Waals surface area (Å²) in [5, 5.41) is 10.3. The number of aliphatic hydroxyl groups excluding tert-OH is 1. The van der Waals surface area contributed by atoms with Crippen LogP contribution in [0.1, 0.15) is 29.7 Å². The topological polar surface area (TPSA) is 36.4 Å². The first-order valence-electron chi connectivity index (χ1n) is 7.03. The zero-order valence-corrected chi connectivity index (χ0v) is 12.2. The van der Waals surface area contributed by atoms with Gasteiger partial charge >= 0.3 is 0 Å². The van der Waals surface area contributed by atoms with Gasteiger partial charge in [-0.05, 0) is 36.2 Å². The molecule has 106 valence electrons. The summed E-state index contributed by atoms with van der Waals surface area (Å²) in [5.41, 5.74) is 3.42. The molecule has 0 amide bonds. The molecule has 1 aromatic carbocycles. The fourth-order valence-electron chi connectivity index (χ4n) is 2.24. The number of rotatable bonds is 6. The van der Waals surface area contributed by atoms with Crippen molar-refractivity contribution in [2.45, 2.75) is 26.0 Å². The lowest BCUT2D eigenvalue weighted by atomic mass is 10.1. The SMILES string of the molecule is CCc1ccc(C(O)CN(C)Cc2cccnc2)cc1. The monoisotopic (exact) mass is 270 g/mol. The van der Waals surface area contributed by atoms with Gasteiger partial charge in [-0.25, -0.2) is 0 Å². The predicted octanol–water partition coefficient (Wildman–Crippen LogP) is 2.81. The minimum atomic E-state index is -0.456. The van der Waals surface area contributed by atoms with Gasteiger partial charge in [0.05, 0.1) is 6.10 Å². The molecule has 1 unspecified atom stereocenters. The van der Waals surface area contributed by atoms with Gasteiger partial charge in [0.25, 0.3) is 0 Å². The van der Waals surface area contributed by atoms with Crippen molar-refractivity contribution in [3.8, 4) is 0 Å². The summed E-state index contributed by atoms with van der Waals surface area (Å²) >= 11 is 0. The van der Waals surface area contributed by atoms with E-state index in [1.54, 1.807) is 6.20 Å². The molecule has 1 atom stereocenters. The third kappa shape index (κ3) is 4.15. The smallest absolute Gasteiger partial charge is 0.0916 e. The first-order chi connectivity index (χ1) is 9.69. The first kappa shape index (κ1) is 14.7. The normalized spacial score (nSPS) is 12.6. The molecular formula is C17H22N2O. The zero-order valence-electron chi connectivity index (χ0n) is 12.2. The highest BCUT2D eigenvalue weighted by Crippen LogP contribution is 2.16. The summed E-state index contributed by atoms with van der Waals surface area (Å²) in [6, 6.07) is 12.2. The Labute approximate surface area is 120 Å². The molecule has 0 bridgehead atoms. The average molecular weight is 270 g/mol. The van der Waals surface area contributed by atoms with Crippen LogP contribution in [-0.2, 0) is 13.0 Å². The number of aryl methyl sites for hydroxylation is 1. The quantitative estimate of drug-likeness (QED) is 0.877. The molecule has 0 aliphatic carbocycles. The molecule has 20 heavy (non-hydrogen) atoms. The second kappa shape index (κ2) is 7.17. The number of benzene rings is 1. The van der Waals surface area contributed by atoms with Gasteiger partial charge < -0.3 is 5.11 Å². The first-order valence-corrected chi connectivity index (χ1v) is 7.03. The van der Waals surface area contributed by atoms with Crippen LogP contribution in [-0.4, -0.2) is 28.6 Å². The molecule has 2 rings (SSSR count). The van der Waals surface area contributed by atoms with Gasteiger partial charge in [-0.1, -0.05) is 37.3 Å². The Morgan fingerprint density at radius 1 is 1.15 bits per heavy atom. The lowest BCUT2D eigenvalue weighted by Gasteiger charge is -2.21. The lowest BCUT2D eigenvalue weighted by molar-refractivity contribution is 0.124. The third-order valence-corrected chi connectivity index (χ3v) is 3.43. The van der Waals surface area contributed by atoms with Crippen LogP contribution in [0, 0.1) is 0 Å². The molecule has 0 radical (unpaired) electrons. The van der Waals surface area contributed by atoms with E-state index in [9.17, 15) is 5.11 Å². The number of nitrogens with zero attached hydrogens (tertiary/aromatic N) is 2. The minimum absolute atomic E-state index is 0.456. The van der Waals surface area contributed by atoms with E-state index in [-0.39, 0.29) is 0 Å². The number of hydrogen-bond acceptors (Lipinski definition) is 3. The Balaban J connectivity index is 1.91. The Bertz CT molecular complexity index is 510. The zero-order chi connectivity index (χ0) is 14.4. The average Bonchev–Trinajstić information content (AvgIpc) is 2.48.